The molecule has 0 aromatic heterocycles. The molecule has 0 N–H and O–H groups in total. The van der Waals surface area contributed by atoms with Crippen LogP contribution in [0.2, 0.25) is 0 Å². The van der Waals surface area contributed by atoms with E-state index in [1.165, 1.54) is 14.2 Å². The summed E-state index contributed by atoms with van der Waals surface area (Å²) in [6.07, 6.45) is 0.461. The van der Waals surface area contributed by atoms with E-state index in [4.69, 9.17) is 4.74 Å². The Morgan fingerprint density at radius 3 is 2.76 bits per heavy atom. The molecule has 6 nitrogen and oxygen atoms in total. The third-order valence-corrected chi connectivity index (χ3v) is 3.18. The number of carbonyl (C=O) groups excluding carboxylic acids is 1. The first-order valence-corrected chi connectivity index (χ1v) is 5.22. The SMILES string of the molecule is COc1cccc2c1CC[N+](C)([N+](=O)[O-])C2=O. The minimum Gasteiger partial charge on any atom is -0.496 e. The number of nitro groups is 1. The fourth-order valence-corrected chi connectivity index (χ4v) is 2.06. The second kappa shape index (κ2) is 3.81. The highest BCUT2D eigenvalue weighted by Crippen LogP contribution is 2.30. The summed E-state index contributed by atoms with van der Waals surface area (Å²) in [5, 5.41) is 10.4. The van der Waals surface area contributed by atoms with E-state index in [1.54, 1.807) is 18.2 Å². The van der Waals surface area contributed by atoms with Crippen molar-refractivity contribution in [2.24, 2.45) is 0 Å². The first kappa shape index (κ1) is 11.5. The zero-order valence-electron chi connectivity index (χ0n) is 9.67. The lowest BCUT2D eigenvalue weighted by Crippen LogP contribution is -2.57. The van der Waals surface area contributed by atoms with Gasteiger partial charge in [-0.15, -0.1) is 0 Å². The van der Waals surface area contributed by atoms with E-state index >= 15 is 0 Å². The summed E-state index contributed by atoms with van der Waals surface area (Å²) in [6.45, 7) is 0.152. The number of fused-ring (bicyclic) bond motifs is 1. The van der Waals surface area contributed by atoms with E-state index in [9.17, 15) is 14.9 Å². The number of carbonyl (C=O) groups is 1. The van der Waals surface area contributed by atoms with Crippen LogP contribution in [-0.2, 0) is 6.42 Å². The van der Waals surface area contributed by atoms with Crippen molar-refractivity contribution in [3.63, 3.8) is 0 Å². The number of amides is 1. The van der Waals surface area contributed by atoms with Crippen LogP contribution in [-0.4, -0.2) is 36.2 Å². The van der Waals surface area contributed by atoms with Gasteiger partial charge in [0.1, 0.15) is 12.8 Å². The molecule has 1 aromatic carbocycles. The molecular formula is C11H13N2O4+. The number of benzene rings is 1. The molecule has 0 bridgehead atoms. The summed E-state index contributed by atoms with van der Waals surface area (Å²) in [6, 6.07) is 5.04. The molecule has 6 heteroatoms. The van der Waals surface area contributed by atoms with Crippen molar-refractivity contribution in [2.75, 3.05) is 20.7 Å². The van der Waals surface area contributed by atoms with Gasteiger partial charge in [0.05, 0.1) is 12.7 Å². The molecule has 0 radical (unpaired) electrons. The van der Waals surface area contributed by atoms with E-state index < -0.39 is 15.5 Å². The Kier molecular flexibility index (Phi) is 2.59. The smallest absolute Gasteiger partial charge is 0.406 e. The van der Waals surface area contributed by atoms with Crippen LogP contribution in [0.25, 0.3) is 0 Å². The second-order valence-electron chi connectivity index (χ2n) is 4.14. The van der Waals surface area contributed by atoms with Crippen LogP contribution in [0.1, 0.15) is 15.9 Å². The summed E-state index contributed by atoms with van der Waals surface area (Å²) in [7, 11) is 2.85. The fraction of sp³-hybridized carbons (Fsp3) is 0.364. The van der Waals surface area contributed by atoms with E-state index in [1.807, 2.05) is 0 Å². The van der Waals surface area contributed by atoms with Crippen molar-refractivity contribution >= 4 is 5.91 Å². The third-order valence-electron chi connectivity index (χ3n) is 3.18. The molecule has 0 saturated heterocycles. The number of methoxy groups -OCH3 is 1. The van der Waals surface area contributed by atoms with Crippen LogP contribution < -0.4 is 4.74 Å². The maximum absolute atomic E-state index is 12.1. The lowest BCUT2D eigenvalue weighted by atomic mass is 9.98. The summed E-state index contributed by atoms with van der Waals surface area (Å²) < 4.78 is 4.37. The van der Waals surface area contributed by atoms with Gasteiger partial charge in [-0.3, -0.25) is 0 Å². The quantitative estimate of drug-likeness (QED) is 0.437. The van der Waals surface area contributed by atoms with Gasteiger partial charge in [0.15, 0.2) is 6.54 Å². The second-order valence-corrected chi connectivity index (χ2v) is 4.14. The molecule has 0 aliphatic carbocycles. The maximum Gasteiger partial charge on any atom is 0.406 e. The summed E-state index contributed by atoms with van der Waals surface area (Å²) in [5.74, 6) is 0.126. The Labute approximate surface area is 98.1 Å². The van der Waals surface area contributed by atoms with Crippen molar-refractivity contribution in [1.29, 1.82) is 0 Å². The predicted octanol–water partition coefficient (Wildman–Crippen LogP) is 1.03. The monoisotopic (exact) mass is 237 g/mol. The number of rotatable bonds is 2. The molecule has 1 aliphatic rings. The molecule has 1 unspecified atom stereocenters. The van der Waals surface area contributed by atoms with Crippen molar-refractivity contribution in [3.8, 4) is 5.75 Å². The molecule has 1 atom stereocenters. The zero-order valence-corrected chi connectivity index (χ0v) is 9.67. The van der Waals surface area contributed by atoms with Crippen molar-refractivity contribution < 1.29 is 19.2 Å². The van der Waals surface area contributed by atoms with E-state index in [0.29, 0.717) is 17.7 Å². The minimum atomic E-state index is -0.792. The maximum atomic E-state index is 12.1. The molecule has 0 saturated carbocycles. The molecule has 1 aromatic rings. The lowest BCUT2D eigenvalue weighted by Gasteiger charge is -2.26. The summed E-state index contributed by atoms with van der Waals surface area (Å²) in [5.41, 5.74) is 1.15. The van der Waals surface area contributed by atoms with Gasteiger partial charge >= 0.3 is 5.91 Å². The molecule has 1 heterocycles. The van der Waals surface area contributed by atoms with Gasteiger partial charge in [0.25, 0.3) is 0 Å². The lowest BCUT2D eigenvalue weighted by molar-refractivity contribution is -1.26. The highest BCUT2D eigenvalue weighted by molar-refractivity contribution is 5.91. The largest absolute Gasteiger partial charge is 0.496 e. The number of quaternary nitrogens is 1. The van der Waals surface area contributed by atoms with Crippen LogP contribution in [0.5, 0.6) is 5.75 Å². The summed E-state index contributed by atoms with van der Waals surface area (Å²) in [4.78, 5) is 23.1. The Morgan fingerprint density at radius 1 is 1.47 bits per heavy atom. The van der Waals surface area contributed by atoms with Crippen molar-refractivity contribution in [2.45, 2.75) is 6.42 Å². The van der Waals surface area contributed by atoms with Crippen molar-refractivity contribution in [1.82, 2.24) is 0 Å². The van der Waals surface area contributed by atoms with Gasteiger partial charge in [-0.1, -0.05) is 6.07 Å². The average molecular weight is 237 g/mol. The zero-order chi connectivity index (χ0) is 12.6. The normalized spacial score (nSPS) is 23.1. The van der Waals surface area contributed by atoms with E-state index in [0.717, 1.165) is 5.56 Å². The minimum absolute atomic E-state index is 0.152. The van der Waals surface area contributed by atoms with Crippen LogP contribution >= 0.6 is 0 Å². The molecule has 1 amide bonds. The Bertz CT molecular complexity index is 500. The number of hydrogen-bond acceptors (Lipinski definition) is 4. The van der Waals surface area contributed by atoms with E-state index in [-0.39, 0.29) is 6.54 Å². The fourth-order valence-electron chi connectivity index (χ4n) is 2.06. The molecule has 0 spiro atoms. The number of nitrogens with zero attached hydrogens (tertiary/aromatic N) is 2. The molecule has 1 aliphatic heterocycles. The topological polar surface area (TPSA) is 69.4 Å². The molecule has 17 heavy (non-hydrogen) atoms. The highest BCUT2D eigenvalue weighted by atomic mass is 16.7. The van der Waals surface area contributed by atoms with Crippen LogP contribution in [0.15, 0.2) is 18.2 Å². The first-order chi connectivity index (χ1) is 8.00. The Hall–Kier alpha value is -1.95. The Balaban J connectivity index is 2.54. The van der Waals surface area contributed by atoms with E-state index in [2.05, 4.69) is 0 Å². The number of ether oxygens (including phenoxy) is 1. The standard InChI is InChI=1S/C11H13N2O4/c1-13(12(15)16)7-6-8-9(11(13)14)4-3-5-10(8)17-2/h3-5H,6-7H2,1-2H3/q+1. The summed E-state index contributed by atoms with van der Waals surface area (Å²) >= 11 is 0. The Morgan fingerprint density at radius 2 is 2.18 bits per heavy atom. The number of hydrogen-bond donors (Lipinski definition) is 0. The highest BCUT2D eigenvalue weighted by Gasteiger charge is 2.49. The van der Waals surface area contributed by atoms with Crippen LogP contribution in [0.3, 0.4) is 0 Å². The van der Waals surface area contributed by atoms with Gasteiger partial charge < -0.3 is 4.74 Å². The average Bonchev–Trinajstić information content (AvgIpc) is 2.33. The van der Waals surface area contributed by atoms with Gasteiger partial charge in [-0.2, -0.15) is 0 Å². The molecular weight excluding hydrogens is 224 g/mol. The molecule has 90 valence electrons. The third kappa shape index (κ3) is 1.57. The van der Waals surface area contributed by atoms with Crippen LogP contribution in [0.4, 0.5) is 0 Å². The van der Waals surface area contributed by atoms with Gasteiger partial charge in [-0.05, 0) is 12.1 Å². The molecule has 2 rings (SSSR count). The van der Waals surface area contributed by atoms with Gasteiger partial charge in [0, 0.05) is 16.6 Å². The van der Waals surface area contributed by atoms with Crippen molar-refractivity contribution in [3.05, 3.63) is 39.4 Å². The van der Waals surface area contributed by atoms with Gasteiger partial charge in [0.2, 0.25) is 5.03 Å². The molecule has 0 fully saturated rings. The van der Waals surface area contributed by atoms with Gasteiger partial charge in [-0.25, -0.2) is 14.9 Å². The van der Waals surface area contributed by atoms with Crippen LogP contribution in [0, 0.1) is 10.1 Å². The predicted molar refractivity (Wildman–Crippen MR) is 59.1 cm³/mol. The number of likely N-dealkylation sites (N-methyl/N-ethyl adjacent to an activating group) is 1. The first-order valence-electron chi connectivity index (χ1n) is 5.22.